The number of aryl methyl sites for hydroxylation is 1. The van der Waals surface area contributed by atoms with Crippen molar-refractivity contribution in [2.75, 3.05) is 0 Å². The number of rotatable bonds is 3. The Bertz CT molecular complexity index is 385. The maximum atomic E-state index is 12.0. The Morgan fingerprint density at radius 1 is 1.44 bits per heavy atom. The molecule has 0 spiro atoms. The third-order valence-electron chi connectivity index (χ3n) is 2.10. The number of aliphatic hydroxyl groups excluding tert-OH is 1. The molecule has 16 heavy (non-hydrogen) atoms. The molecular formula is C11H11F3O2. The van der Waals surface area contributed by atoms with Gasteiger partial charge in [0.15, 0.2) is 11.9 Å². The van der Waals surface area contributed by atoms with E-state index in [4.69, 9.17) is 5.11 Å². The molecule has 0 aliphatic rings. The first-order chi connectivity index (χ1) is 7.30. The van der Waals surface area contributed by atoms with E-state index in [9.17, 15) is 18.0 Å². The number of carbonyl (C=O) groups is 1. The number of carbonyl (C=O) groups excluding carboxylic acids is 1. The topological polar surface area (TPSA) is 37.3 Å². The first kappa shape index (κ1) is 12.7. The van der Waals surface area contributed by atoms with Crippen LogP contribution in [0.4, 0.5) is 13.2 Å². The normalized spacial score (nSPS) is 13.6. The Labute approximate surface area is 90.7 Å². The summed E-state index contributed by atoms with van der Waals surface area (Å²) in [6, 6.07) is 6.24. The summed E-state index contributed by atoms with van der Waals surface area (Å²) in [6.45, 7) is 1.73. The van der Waals surface area contributed by atoms with E-state index in [0.29, 0.717) is 0 Å². The summed E-state index contributed by atoms with van der Waals surface area (Å²) in [6.07, 6.45) is -8.28. The van der Waals surface area contributed by atoms with Gasteiger partial charge in [0.1, 0.15) is 0 Å². The van der Waals surface area contributed by atoms with Gasteiger partial charge >= 0.3 is 6.18 Å². The van der Waals surface area contributed by atoms with Gasteiger partial charge in [0.05, 0.1) is 0 Å². The van der Waals surface area contributed by atoms with Crippen molar-refractivity contribution in [2.45, 2.75) is 25.6 Å². The minimum absolute atomic E-state index is 0.184. The number of halogens is 3. The summed E-state index contributed by atoms with van der Waals surface area (Å²) >= 11 is 0. The van der Waals surface area contributed by atoms with Crippen LogP contribution in [0.2, 0.25) is 0 Å². The lowest BCUT2D eigenvalue weighted by molar-refractivity contribution is -0.202. The van der Waals surface area contributed by atoms with E-state index >= 15 is 0 Å². The number of hydrogen-bond acceptors (Lipinski definition) is 2. The fourth-order valence-electron chi connectivity index (χ4n) is 1.23. The molecule has 0 bridgehead atoms. The van der Waals surface area contributed by atoms with Crippen LogP contribution in [0.1, 0.15) is 22.3 Å². The monoisotopic (exact) mass is 232 g/mol. The molecule has 1 aromatic carbocycles. The Kier molecular flexibility index (Phi) is 3.70. The summed E-state index contributed by atoms with van der Waals surface area (Å²) in [5, 5.41) is 8.74. The molecule has 2 nitrogen and oxygen atoms in total. The minimum atomic E-state index is -4.75. The number of aliphatic hydroxyl groups is 1. The van der Waals surface area contributed by atoms with Crippen molar-refractivity contribution in [1.29, 1.82) is 0 Å². The van der Waals surface area contributed by atoms with Gasteiger partial charge in [-0.3, -0.25) is 4.79 Å². The maximum Gasteiger partial charge on any atom is 0.414 e. The maximum absolute atomic E-state index is 12.0. The molecule has 0 radical (unpaired) electrons. The molecule has 1 N–H and O–H groups in total. The second kappa shape index (κ2) is 4.65. The van der Waals surface area contributed by atoms with Gasteiger partial charge < -0.3 is 5.11 Å². The molecular weight excluding hydrogens is 221 g/mol. The van der Waals surface area contributed by atoms with Crippen molar-refractivity contribution in [1.82, 2.24) is 0 Å². The van der Waals surface area contributed by atoms with Crippen LogP contribution < -0.4 is 0 Å². The fourth-order valence-corrected chi connectivity index (χ4v) is 1.23. The number of hydrogen-bond donors (Lipinski definition) is 1. The van der Waals surface area contributed by atoms with E-state index < -0.39 is 24.5 Å². The van der Waals surface area contributed by atoms with Crippen molar-refractivity contribution in [3.63, 3.8) is 0 Å². The van der Waals surface area contributed by atoms with E-state index in [1.54, 1.807) is 19.1 Å². The van der Waals surface area contributed by atoms with E-state index in [1.807, 2.05) is 0 Å². The molecule has 88 valence electrons. The zero-order chi connectivity index (χ0) is 12.3. The van der Waals surface area contributed by atoms with Crippen LogP contribution in [-0.2, 0) is 0 Å². The lowest BCUT2D eigenvalue weighted by Crippen LogP contribution is -2.30. The molecule has 0 fully saturated rings. The van der Waals surface area contributed by atoms with Crippen LogP contribution in [0.5, 0.6) is 0 Å². The average Bonchev–Trinajstić information content (AvgIpc) is 2.16. The van der Waals surface area contributed by atoms with Crippen molar-refractivity contribution in [3.8, 4) is 0 Å². The summed E-state index contributed by atoms with van der Waals surface area (Å²) in [5.74, 6) is -0.714. The Morgan fingerprint density at radius 3 is 2.56 bits per heavy atom. The number of benzene rings is 1. The summed E-state index contributed by atoms with van der Waals surface area (Å²) in [4.78, 5) is 11.4. The fraction of sp³-hybridized carbons (Fsp3) is 0.364. The molecule has 1 rings (SSSR count). The van der Waals surface area contributed by atoms with Gasteiger partial charge in [-0.15, -0.1) is 0 Å². The van der Waals surface area contributed by atoms with Crippen LogP contribution in [0.25, 0.3) is 0 Å². The predicted octanol–water partition coefficient (Wildman–Crippen LogP) is 2.49. The lowest BCUT2D eigenvalue weighted by atomic mass is 10.0. The van der Waals surface area contributed by atoms with Gasteiger partial charge in [0.25, 0.3) is 0 Å². The standard InChI is InChI=1S/C11H11F3O2/c1-7-3-2-4-8(5-7)9(15)6-10(16)11(12,13)14/h2-5,10,16H,6H2,1H3/t10-/m0/s1. The van der Waals surface area contributed by atoms with Gasteiger partial charge in [-0.2, -0.15) is 13.2 Å². The first-order valence-electron chi connectivity index (χ1n) is 4.65. The Hall–Kier alpha value is -1.36. The van der Waals surface area contributed by atoms with Crippen LogP contribution in [-0.4, -0.2) is 23.2 Å². The van der Waals surface area contributed by atoms with Crippen LogP contribution in [0.3, 0.4) is 0 Å². The molecule has 0 amide bonds. The van der Waals surface area contributed by atoms with Gasteiger partial charge in [0.2, 0.25) is 0 Å². The van der Waals surface area contributed by atoms with Crippen molar-refractivity contribution in [2.24, 2.45) is 0 Å². The summed E-state index contributed by atoms with van der Waals surface area (Å²) in [5.41, 5.74) is 0.968. The average molecular weight is 232 g/mol. The van der Waals surface area contributed by atoms with E-state index in [0.717, 1.165) is 5.56 Å². The van der Waals surface area contributed by atoms with Crippen molar-refractivity contribution < 1.29 is 23.1 Å². The number of Topliss-reactive ketones (excluding diaryl/α,β-unsaturated/α-hetero) is 1. The zero-order valence-electron chi connectivity index (χ0n) is 8.58. The Morgan fingerprint density at radius 2 is 2.06 bits per heavy atom. The highest BCUT2D eigenvalue weighted by atomic mass is 19.4. The molecule has 0 aliphatic heterocycles. The van der Waals surface area contributed by atoms with Crippen molar-refractivity contribution >= 4 is 5.78 Å². The summed E-state index contributed by atoms with van der Waals surface area (Å²) in [7, 11) is 0. The van der Waals surface area contributed by atoms with E-state index in [-0.39, 0.29) is 5.56 Å². The van der Waals surface area contributed by atoms with Gasteiger partial charge in [-0.1, -0.05) is 23.8 Å². The largest absolute Gasteiger partial charge is 0.414 e. The number of alkyl halides is 3. The zero-order valence-corrected chi connectivity index (χ0v) is 8.58. The SMILES string of the molecule is Cc1cccc(C(=O)C[C@H](O)C(F)(F)F)c1. The molecule has 0 aliphatic carbocycles. The van der Waals surface area contributed by atoms with Crippen LogP contribution in [0.15, 0.2) is 24.3 Å². The van der Waals surface area contributed by atoms with Gasteiger partial charge in [0, 0.05) is 12.0 Å². The van der Waals surface area contributed by atoms with Crippen molar-refractivity contribution in [3.05, 3.63) is 35.4 Å². The Balaban J connectivity index is 2.74. The molecule has 0 saturated carbocycles. The van der Waals surface area contributed by atoms with Crippen LogP contribution in [0, 0.1) is 6.92 Å². The lowest BCUT2D eigenvalue weighted by Gasteiger charge is -2.13. The molecule has 1 atom stereocenters. The third-order valence-corrected chi connectivity index (χ3v) is 2.10. The van der Waals surface area contributed by atoms with E-state index in [2.05, 4.69) is 0 Å². The molecule has 5 heteroatoms. The third kappa shape index (κ3) is 3.34. The highest BCUT2D eigenvalue weighted by Crippen LogP contribution is 2.23. The summed E-state index contributed by atoms with van der Waals surface area (Å²) < 4.78 is 36.0. The highest BCUT2D eigenvalue weighted by Gasteiger charge is 2.39. The minimum Gasteiger partial charge on any atom is -0.383 e. The van der Waals surface area contributed by atoms with Gasteiger partial charge in [-0.05, 0) is 13.0 Å². The molecule has 0 aromatic heterocycles. The smallest absolute Gasteiger partial charge is 0.383 e. The molecule has 0 saturated heterocycles. The highest BCUT2D eigenvalue weighted by molar-refractivity contribution is 5.96. The number of ketones is 1. The molecule has 0 unspecified atom stereocenters. The molecule has 0 heterocycles. The van der Waals surface area contributed by atoms with E-state index in [1.165, 1.54) is 12.1 Å². The van der Waals surface area contributed by atoms with Gasteiger partial charge in [-0.25, -0.2) is 0 Å². The quantitative estimate of drug-likeness (QED) is 0.813. The second-order valence-corrected chi connectivity index (χ2v) is 3.55. The predicted molar refractivity (Wildman–Crippen MR) is 52.2 cm³/mol. The second-order valence-electron chi connectivity index (χ2n) is 3.55. The molecule has 1 aromatic rings. The van der Waals surface area contributed by atoms with Crippen LogP contribution >= 0.6 is 0 Å². The first-order valence-corrected chi connectivity index (χ1v) is 4.65.